The van der Waals surface area contributed by atoms with Crippen molar-refractivity contribution in [3.63, 3.8) is 0 Å². The van der Waals surface area contributed by atoms with Crippen LogP contribution in [0, 0.1) is 5.92 Å². The molecule has 0 aromatic carbocycles. The Bertz CT molecular complexity index is 261. The number of alkyl halides is 3. The van der Waals surface area contributed by atoms with Crippen molar-refractivity contribution in [3.8, 4) is 0 Å². The average molecular weight is 312 g/mol. The average Bonchev–Trinajstić information content (AvgIpc) is 2.25. The number of carbonyl (C=O) groups is 1. The van der Waals surface area contributed by atoms with E-state index in [1.54, 1.807) is 11.9 Å². The van der Waals surface area contributed by atoms with E-state index in [0.717, 1.165) is 6.42 Å². The van der Waals surface area contributed by atoms with E-state index in [4.69, 9.17) is 0 Å². The van der Waals surface area contributed by atoms with Crippen LogP contribution in [0.2, 0.25) is 0 Å². The van der Waals surface area contributed by atoms with E-state index < -0.39 is 5.92 Å². The zero-order valence-corrected chi connectivity index (χ0v) is 12.0. The minimum absolute atomic E-state index is 0.0219. The quantitative estimate of drug-likeness (QED) is 0.728. The summed E-state index contributed by atoms with van der Waals surface area (Å²) in [5, 5.41) is 0. The van der Waals surface area contributed by atoms with Crippen LogP contribution in [0.25, 0.3) is 0 Å². The Morgan fingerprint density at radius 3 is 2.47 bits per heavy atom. The lowest BCUT2D eigenvalue weighted by atomic mass is 9.86. The Hall–Kier alpha value is -0.190. The molecule has 0 aromatic rings. The zero-order chi connectivity index (χ0) is 13.1. The first kappa shape index (κ1) is 14.9. The standard InChI is InChI=1S/C12H20BrF2NO/c1-9(13)5-8-16(2)11(17)10-3-6-12(14,15)7-4-10/h9-10H,3-8H2,1-2H3. The van der Waals surface area contributed by atoms with Crippen LogP contribution >= 0.6 is 15.9 Å². The molecule has 0 N–H and O–H groups in total. The van der Waals surface area contributed by atoms with Crippen molar-refractivity contribution < 1.29 is 13.6 Å². The molecule has 0 heterocycles. The van der Waals surface area contributed by atoms with Crippen molar-refractivity contribution in [2.24, 2.45) is 5.92 Å². The molecule has 0 spiro atoms. The van der Waals surface area contributed by atoms with E-state index in [0.29, 0.717) is 24.2 Å². The fraction of sp³-hybridized carbons (Fsp3) is 0.917. The predicted octanol–water partition coefficient (Wildman–Crippen LogP) is 3.44. The Labute approximate surface area is 110 Å². The van der Waals surface area contributed by atoms with E-state index in [2.05, 4.69) is 15.9 Å². The maximum Gasteiger partial charge on any atom is 0.248 e. The third-order valence-corrected chi connectivity index (χ3v) is 3.76. The van der Waals surface area contributed by atoms with Crippen molar-refractivity contribution in [1.29, 1.82) is 0 Å². The summed E-state index contributed by atoms with van der Waals surface area (Å²) < 4.78 is 25.9. The van der Waals surface area contributed by atoms with Crippen molar-refractivity contribution in [1.82, 2.24) is 4.90 Å². The smallest absolute Gasteiger partial charge is 0.248 e. The summed E-state index contributed by atoms with van der Waals surface area (Å²) >= 11 is 3.43. The number of halogens is 3. The summed E-state index contributed by atoms with van der Waals surface area (Å²) in [6.07, 6.45) is 1.23. The molecule has 1 amide bonds. The van der Waals surface area contributed by atoms with Crippen molar-refractivity contribution >= 4 is 21.8 Å². The molecular weight excluding hydrogens is 292 g/mol. The van der Waals surface area contributed by atoms with Gasteiger partial charge in [0, 0.05) is 37.2 Å². The number of rotatable bonds is 4. The SMILES string of the molecule is CC(Br)CCN(C)C(=O)C1CCC(F)(F)CC1. The van der Waals surface area contributed by atoms with Crippen LogP contribution in [-0.2, 0) is 4.79 Å². The Kier molecular flexibility index (Phi) is 5.35. The Balaban J connectivity index is 2.38. The van der Waals surface area contributed by atoms with Gasteiger partial charge >= 0.3 is 0 Å². The molecule has 100 valence electrons. The maximum absolute atomic E-state index is 13.0. The third kappa shape index (κ3) is 4.90. The Morgan fingerprint density at radius 2 is 2.00 bits per heavy atom. The predicted molar refractivity (Wildman–Crippen MR) is 67.5 cm³/mol. The summed E-state index contributed by atoms with van der Waals surface area (Å²) in [6, 6.07) is 0. The molecule has 2 nitrogen and oxygen atoms in total. The highest BCUT2D eigenvalue weighted by atomic mass is 79.9. The van der Waals surface area contributed by atoms with Crippen LogP contribution in [0.1, 0.15) is 39.0 Å². The molecule has 17 heavy (non-hydrogen) atoms. The fourth-order valence-electron chi connectivity index (χ4n) is 2.08. The monoisotopic (exact) mass is 311 g/mol. The van der Waals surface area contributed by atoms with E-state index in [9.17, 15) is 13.6 Å². The van der Waals surface area contributed by atoms with Gasteiger partial charge in [0.1, 0.15) is 0 Å². The number of nitrogens with zero attached hydrogens (tertiary/aromatic N) is 1. The summed E-state index contributed by atoms with van der Waals surface area (Å²) in [7, 11) is 1.75. The van der Waals surface area contributed by atoms with Gasteiger partial charge in [0.2, 0.25) is 11.8 Å². The van der Waals surface area contributed by atoms with Crippen LogP contribution in [0.5, 0.6) is 0 Å². The lowest BCUT2D eigenvalue weighted by molar-refractivity contribution is -0.138. The van der Waals surface area contributed by atoms with E-state index >= 15 is 0 Å². The summed E-state index contributed by atoms with van der Waals surface area (Å²) in [4.78, 5) is 14.0. The highest BCUT2D eigenvalue weighted by Crippen LogP contribution is 2.36. The molecule has 1 saturated carbocycles. The molecule has 0 bridgehead atoms. The van der Waals surface area contributed by atoms with Gasteiger partial charge in [-0.25, -0.2) is 8.78 Å². The summed E-state index contributed by atoms with van der Waals surface area (Å²) in [6.45, 7) is 2.71. The van der Waals surface area contributed by atoms with Gasteiger partial charge in [-0.05, 0) is 19.3 Å². The largest absolute Gasteiger partial charge is 0.345 e. The molecule has 1 aliphatic carbocycles. The van der Waals surface area contributed by atoms with Gasteiger partial charge < -0.3 is 4.90 Å². The second kappa shape index (κ2) is 6.12. The van der Waals surface area contributed by atoms with E-state index in [1.807, 2.05) is 6.92 Å². The molecule has 1 fully saturated rings. The molecule has 1 unspecified atom stereocenters. The van der Waals surface area contributed by atoms with Crippen molar-refractivity contribution in [2.75, 3.05) is 13.6 Å². The van der Waals surface area contributed by atoms with Gasteiger partial charge in [0.25, 0.3) is 0 Å². The first-order chi connectivity index (χ1) is 7.82. The number of hydrogen-bond donors (Lipinski definition) is 0. The van der Waals surface area contributed by atoms with Crippen LogP contribution in [0.3, 0.4) is 0 Å². The van der Waals surface area contributed by atoms with Gasteiger partial charge in [-0.2, -0.15) is 0 Å². The molecule has 0 aliphatic heterocycles. The topological polar surface area (TPSA) is 20.3 Å². The second-order valence-corrected chi connectivity index (χ2v) is 6.52. The first-order valence-electron chi connectivity index (χ1n) is 6.09. The Morgan fingerprint density at radius 1 is 1.47 bits per heavy atom. The summed E-state index contributed by atoms with van der Waals surface area (Å²) in [5.74, 6) is -2.74. The first-order valence-corrected chi connectivity index (χ1v) is 7.00. The van der Waals surface area contributed by atoms with Crippen LogP contribution in [0.15, 0.2) is 0 Å². The van der Waals surface area contributed by atoms with E-state index in [1.165, 1.54) is 0 Å². The molecule has 0 saturated heterocycles. The second-order valence-electron chi connectivity index (χ2n) is 4.96. The van der Waals surface area contributed by atoms with Gasteiger partial charge in [-0.1, -0.05) is 22.9 Å². The highest BCUT2D eigenvalue weighted by molar-refractivity contribution is 9.09. The highest BCUT2D eigenvalue weighted by Gasteiger charge is 2.38. The van der Waals surface area contributed by atoms with Crippen LogP contribution in [0.4, 0.5) is 8.78 Å². The lowest BCUT2D eigenvalue weighted by Gasteiger charge is -2.30. The van der Waals surface area contributed by atoms with E-state index in [-0.39, 0.29) is 24.7 Å². The lowest BCUT2D eigenvalue weighted by Crippen LogP contribution is -2.38. The molecular formula is C12H20BrF2NO. The fourth-order valence-corrected chi connectivity index (χ4v) is 2.29. The van der Waals surface area contributed by atoms with Crippen molar-refractivity contribution in [3.05, 3.63) is 0 Å². The van der Waals surface area contributed by atoms with Crippen LogP contribution < -0.4 is 0 Å². The van der Waals surface area contributed by atoms with Crippen LogP contribution in [-0.4, -0.2) is 35.1 Å². The molecule has 1 rings (SSSR count). The maximum atomic E-state index is 13.0. The zero-order valence-electron chi connectivity index (χ0n) is 10.4. The van der Waals surface area contributed by atoms with Gasteiger partial charge in [0.05, 0.1) is 0 Å². The minimum Gasteiger partial charge on any atom is -0.345 e. The number of hydrogen-bond acceptors (Lipinski definition) is 1. The molecule has 1 aliphatic rings. The molecule has 0 radical (unpaired) electrons. The molecule has 1 atom stereocenters. The van der Waals surface area contributed by atoms with Crippen molar-refractivity contribution in [2.45, 2.75) is 49.8 Å². The molecule has 0 aromatic heterocycles. The third-order valence-electron chi connectivity index (χ3n) is 3.30. The van der Waals surface area contributed by atoms with Gasteiger partial charge in [0.15, 0.2) is 0 Å². The number of carbonyl (C=O) groups excluding carboxylic acids is 1. The summed E-state index contributed by atoms with van der Waals surface area (Å²) in [5.41, 5.74) is 0. The normalized spacial score (nSPS) is 22.2. The minimum atomic E-state index is -2.56. The van der Waals surface area contributed by atoms with Gasteiger partial charge in [-0.3, -0.25) is 4.79 Å². The molecule has 5 heteroatoms. The number of amides is 1. The van der Waals surface area contributed by atoms with Gasteiger partial charge in [-0.15, -0.1) is 0 Å².